The second kappa shape index (κ2) is 4.18. The third-order valence-corrected chi connectivity index (χ3v) is 4.75. The smallest absolute Gasteiger partial charge is 0.233 e. The van der Waals surface area contributed by atoms with Crippen LogP contribution in [0.5, 0.6) is 0 Å². The maximum atomic E-state index is 12.2. The fourth-order valence-electron chi connectivity index (χ4n) is 3.38. The molecule has 98 valence electrons. The monoisotopic (exact) mass is 249 g/mol. The summed E-state index contributed by atoms with van der Waals surface area (Å²) >= 11 is 0. The number of ketones is 1. The second-order valence-corrected chi connectivity index (χ2v) is 5.96. The molecule has 4 heteroatoms. The molecule has 2 aliphatic carbocycles. The molecule has 4 nitrogen and oxygen atoms in total. The van der Waals surface area contributed by atoms with Gasteiger partial charge >= 0.3 is 0 Å². The Bertz CT molecular complexity index is 389. The van der Waals surface area contributed by atoms with E-state index in [1.165, 1.54) is 4.90 Å². The summed E-state index contributed by atoms with van der Waals surface area (Å²) in [5.41, 5.74) is 0. The van der Waals surface area contributed by atoms with E-state index in [4.69, 9.17) is 0 Å². The minimum Gasteiger partial charge on any atom is -0.297 e. The molecule has 2 unspecified atom stereocenters. The number of Topliss-reactive ketones (excluding diaryl/α,β-unsaturated/α-hetero) is 1. The molecular weight excluding hydrogens is 230 g/mol. The van der Waals surface area contributed by atoms with Gasteiger partial charge in [-0.2, -0.15) is 0 Å². The zero-order valence-corrected chi connectivity index (χ0v) is 10.7. The van der Waals surface area contributed by atoms with Gasteiger partial charge in [-0.15, -0.1) is 0 Å². The van der Waals surface area contributed by atoms with E-state index in [1.54, 1.807) is 0 Å². The molecule has 1 aliphatic heterocycles. The molecular formula is C14H19NO3. The highest BCUT2D eigenvalue weighted by Gasteiger charge is 2.52. The van der Waals surface area contributed by atoms with Crippen LogP contribution in [0.4, 0.5) is 0 Å². The van der Waals surface area contributed by atoms with Crippen LogP contribution in [-0.4, -0.2) is 29.0 Å². The molecule has 1 heterocycles. The highest BCUT2D eigenvalue weighted by molar-refractivity contribution is 6.08. The molecule has 18 heavy (non-hydrogen) atoms. The molecule has 2 atom stereocenters. The number of hydrogen-bond acceptors (Lipinski definition) is 3. The summed E-state index contributed by atoms with van der Waals surface area (Å²) in [7, 11) is 0. The number of rotatable bonds is 4. The summed E-state index contributed by atoms with van der Waals surface area (Å²) in [5.74, 6) is 0.265. The maximum absolute atomic E-state index is 12.2. The van der Waals surface area contributed by atoms with Crippen molar-refractivity contribution in [3.8, 4) is 0 Å². The Labute approximate surface area is 107 Å². The summed E-state index contributed by atoms with van der Waals surface area (Å²) < 4.78 is 0. The number of fused-ring (bicyclic) bond motifs is 1. The van der Waals surface area contributed by atoms with Gasteiger partial charge in [-0.05, 0) is 31.6 Å². The SMILES string of the molecule is CCC1CC2C(=O)N(CC(=O)C3CC3)C(=O)C2C1. The van der Waals surface area contributed by atoms with Crippen LogP contribution >= 0.6 is 0 Å². The molecule has 0 N–H and O–H groups in total. The Morgan fingerprint density at radius 1 is 1.17 bits per heavy atom. The summed E-state index contributed by atoms with van der Waals surface area (Å²) in [6, 6.07) is 0. The molecule has 3 fully saturated rings. The van der Waals surface area contributed by atoms with Gasteiger partial charge in [0.2, 0.25) is 11.8 Å². The molecule has 3 rings (SSSR count). The average Bonchev–Trinajstić information content (AvgIpc) is 3.09. The van der Waals surface area contributed by atoms with E-state index in [1.807, 2.05) is 0 Å². The van der Waals surface area contributed by atoms with Gasteiger partial charge in [0.05, 0.1) is 18.4 Å². The lowest BCUT2D eigenvalue weighted by molar-refractivity contribution is -0.144. The predicted octanol–water partition coefficient (Wildman–Crippen LogP) is 1.39. The van der Waals surface area contributed by atoms with Gasteiger partial charge in [0.1, 0.15) is 0 Å². The normalized spacial score (nSPS) is 35.2. The molecule has 0 radical (unpaired) electrons. The molecule has 2 amide bonds. The van der Waals surface area contributed by atoms with Gasteiger partial charge in [0.15, 0.2) is 5.78 Å². The minimum absolute atomic E-state index is 0.0339. The first kappa shape index (κ1) is 11.9. The van der Waals surface area contributed by atoms with Crippen LogP contribution < -0.4 is 0 Å². The summed E-state index contributed by atoms with van der Waals surface area (Å²) in [4.78, 5) is 37.4. The lowest BCUT2D eigenvalue weighted by atomic mass is 10.00. The highest BCUT2D eigenvalue weighted by atomic mass is 16.2. The number of nitrogens with zero attached hydrogens (tertiary/aromatic N) is 1. The first-order valence-corrected chi connectivity index (χ1v) is 6.99. The Morgan fingerprint density at radius 2 is 1.72 bits per heavy atom. The van der Waals surface area contributed by atoms with Crippen LogP contribution in [0.2, 0.25) is 0 Å². The van der Waals surface area contributed by atoms with E-state index < -0.39 is 0 Å². The highest BCUT2D eigenvalue weighted by Crippen LogP contribution is 2.44. The summed E-state index contributed by atoms with van der Waals surface area (Å²) in [5, 5.41) is 0. The minimum atomic E-state index is -0.130. The van der Waals surface area contributed by atoms with E-state index in [9.17, 15) is 14.4 Å². The number of carbonyl (C=O) groups excluding carboxylic acids is 3. The van der Waals surface area contributed by atoms with Crippen molar-refractivity contribution in [2.24, 2.45) is 23.7 Å². The van der Waals surface area contributed by atoms with Gasteiger partial charge in [-0.25, -0.2) is 0 Å². The largest absolute Gasteiger partial charge is 0.297 e. The third-order valence-electron chi connectivity index (χ3n) is 4.75. The van der Waals surface area contributed by atoms with E-state index >= 15 is 0 Å². The van der Waals surface area contributed by atoms with E-state index in [0.29, 0.717) is 5.92 Å². The first-order valence-electron chi connectivity index (χ1n) is 6.99. The summed E-state index contributed by atoms with van der Waals surface area (Å²) in [6.45, 7) is 2.14. The van der Waals surface area contributed by atoms with E-state index in [2.05, 4.69) is 6.92 Å². The second-order valence-electron chi connectivity index (χ2n) is 5.96. The van der Waals surface area contributed by atoms with Crippen molar-refractivity contribution in [3.63, 3.8) is 0 Å². The Hall–Kier alpha value is -1.19. The van der Waals surface area contributed by atoms with Gasteiger partial charge in [-0.1, -0.05) is 13.3 Å². The standard InChI is InChI=1S/C14H19NO3/c1-2-8-5-10-11(6-8)14(18)15(13(10)17)7-12(16)9-3-4-9/h8-11H,2-7H2,1H3. The number of hydrogen-bond donors (Lipinski definition) is 0. The molecule has 0 aromatic heterocycles. The molecule has 0 aromatic rings. The van der Waals surface area contributed by atoms with Crippen molar-refractivity contribution in [1.29, 1.82) is 0 Å². The molecule has 3 aliphatic rings. The van der Waals surface area contributed by atoms with Gasteiger partial charge in [0.25, 0.3) is 0 Å². The van der Waals surface area contributed by atoms with E-state index in [-0.39, 0.29) is 41.9 Å². The van der Waals surface area contributed by atoms with Crippen LogP contribution in [-0.2, 0) is 14.4 Å². The average molecular weight is 249 g/mol. The van der Waals surface area contributed by atoms with E-state index in [0.717, 1.165) is 32.1 Å². The molecule has 1 saturated heterocycles. The maximum Gasteiger partial charge on any atom is 0.233 e. The summed E-state index contributed by atoms with van der Waals surface area (Å²) in [6.07, 6.45) is 4.56. The number of likely N-dealkylation sites (tertiary alicyclic amines) is 1. The fourth-order valence-corrected chi connectivity index (χ4v) is 3.38. The van der Waals surface area contributed by atoms with Crippen molar-refractivity contribution in [1.82, 2.24) is 4.90 Å². The third kappa shape index (κ3) is 1.78. The van der Waals surface area contributed by atoms with Crippen molar-refractivity contribution in [3.05, 3.63) is 0 Å². The Balaban J connectivity index is 1.69. The number of carbonyl (C=O) groups is 3. The number of imide groups is 1. The fraction of sp³-hybridized carbons (Fsp3) is 0.786. The molecule has 2 saturated carbocycles. The van der Waals surface area contributed by atoms with Crippen LogP contribution in [0.3, 0.4) is 0 Å². The van der Waals surface area contributed by atoms with Crippen LogP contribution in [0.25, 0.3) is 0 Å². The zero-order chi connectivity index (χ0) is 12.9. The van der Waals surface area contributed by atoms with Gasteiger partial charge < -0.3 is 0 Å². The van der Waals surface area contributed by atoms with Crippen LogP contribution in [0.15, 0.2) is 0 Å². The number of amides is 2. The predicted molar refractivity (Wildman–Crippen MR) is 64.4 cm³/mol. The van der Waals surface area contributed by atoms with Crippen molar-refractivity contribution >= 4 is 17.6 Å². The quantitative estimate of drug-likeness (QED) is 0.707. The zero-order valence-electron chi connectivity index (χ0n) is 10.7. The van der Waals surface area contributed by atoms with Crippen molar-refractivity contribution < 1.29 is 14.4 Å². The van der Waals surface area contributed by atoms with Crippen LogP contribution in [0.1, 0.15) is 39.0 Å². The first-order chi connectivity index (χ1) is 8.61. The molecule has 0 bridgehead atoms. The van der Waals surface area contributed by atoms with Crippen LogP contribution in [0, 0.1) is 23.7 Å². The lowest BCUT2D eigenvalue weighted by Gasteiger charge is -2.16. The topological polar surface area (TPSA) is 54.5 Å². The Morgan fingerprint density at radius 3 is 2.17 bits per heavy atom. The molecule has 0 aromatic carbocycles. The van der Waals surface area contributed by atoms with Gasteiger partial charge in [0, 0.05) is 5.92 Å². The van der Waals surface area contributed by atoms with Gasteiger partial charge in [-0.3, -0.25) is 19.3 Å². The molecule has 0 spiro atoms. The van der Waals surface area contributed by atoms with Crippen molar-refractivity contribution in [2.75, 3.05) is 6.54 Å². The Kier molecular flexibility index (Phi) is 2.76. The lowest BCUT2D eigenvalue weighted by Crippen LogP contribution is -2.37. The van der Waals surface area contributed by atoms with Crippen molar-refractivity contribution in [2.45, 2.75) is 39.0 Å².